The fourth-order valence-electron chi connectivity index (χ4n) is 1.36. The van der Waals surface area contributed by atoms with Gasteiger partial charge in [-0.1, -0.05) is 19.4 Å². The second kappa shape index (κ2) is 4.22. The zero-order chi connectivity index (χ0) is 14.8. The van der Waals surface area contributed by atoms with Crippen LogP contribution in [0, 0.1) is 10.1 Å². The molecule has 3 nitrogen and oxygen atoms in total. The topological polar surface area (TPSA) is 43.1 Å². The van der Waals surface area contributed by atoms with E-state index in [0.29, 0.717) is 30.7 Å². The van der Waals surface area contributed by atoms with Gasteiger partial charge in [0, 0.05) is 17.5 Å². The Kier molecular flexibility index (Phi) is 3.44. The van der Waals surface area contributed by atoms with Gasteiger partial charge in [-0.3, -0.25) is 10.1 Å². The molecule has 1 rings (SSSR count). The molecule has 19 heavy (non-hydrogen) atoms. The van der Waals surface area contributed by atoms with Crippen molar-refractivity contribution < 1.29 is 20.5 Å². The van der Waals surface area contributed by atoms with Crippen LogP contribution in [0.4, 0.5) is 21.2 Å². The van der Waals surface area contributed by atoms with Gasteiger partial charge < -0.3 is 0 Å². The van der Waals surface area contributed by atoms with Crippen LogP contribution in [0.3, 0.4) is 0 Å². The van der Waals surface area contributed by atoms with E-state index in [1.165, 1.54) is 0 Å². The van der Waals surface area contributed by atoms with Crippen molar-refractivity contribution >= 4 is 15.5 Å². The molecule has 0 spiro atoms. The maximum absolute atomic E-state index is 13.7. The van der Waals surface area contributed by atoms with Crippen LogP contribution in [0.15, 0.2) is 40.6 Å². The van der Waals surface area contributed by atoms with Crippen molar-refractivity contribution in [3.8, 4) is 0 Å². The van der Waals surface area contributed by atoms with Crippen molar-refractivity contribution in [3.05, 3.63) is 45.9 Å². The predicted octanol–water partition coefficient (Wildman–Crippen LogP) is 5.68. The first-order valence-electron chi connectivity index (χ1n) is 5.42. The number of non-ortho nitro benzene ring substituents is 1. The molecule has 1 aromatic rings. The molecule has 0 aromatic heterocycles. The van der Waals surface area contributed by atoms with Crippen LogP contribution in [0.2, 0.25) is 0 Å². The average molecular weight is 299 g/mol. The Hall–Kier alpha value is -1.57. The molecule has 0 heterocycles. The average Bonchev–Trinajstić information content (AvgIpc) is 2.28. The van der Waals surface area contributed by atoms with Gasteiger partial charge in [0.15, 0.2) is 0 Å². The standard InChI is InChI=1S/C11H13F4NO2S/c1-2-3-4-9-19(12,13,14,15)11-7-5-10(6-8-11)16(17)18/h4-9H,2-3H2,1H3. The first-order chi connectivity index (χ1) is 8.49. The highest BCUT2D eigenvalue weighted by Gasteiger charge is 2.62. The molecule has 1 aromatic carbocycles. The van der Waals surface area contributed by atoms with E-state index in [1.54, 1.807) is 6.92 Å². The second-order valence-electron chi connectivity index (χ2n) is 4.04. The molecule has 8 heteroatoms. The minimum absolute atomic E-state index is 0.106. The van der Waals surface area contributed by atoms with Crippen LogP contribution in [0.5, 0.6) is 0 Å². The third-order valence-electron chi connectivity index (χ3n) is 2.37. The number of allylic oxidation sites excluding steroid dienone is 1. The highest BCUT2D eigenvalue weighted by Crippen LogP contribution is 3.01. The van der Waals surface area contributed by atoms with Gasteiger partial charge in [0.1, 0.15) is 0 Å². The van der Waals surface area contributed by atoms with Crippen LogP contribution >= 0.6 is 9.84 Å². The number of hydrogen-bond acceptors (Lipinski definition) is 2. The molecular weight excluding hydrogens is 286 g/mol. The van der Waals surface area contributed by atoms with Crippen LogP contribution < -0.4 is 0 Å². The summed E-state index contributed by atoms with van der Waals surface area (Å²) in [7, 11) is -8.50. The van der Waals surface area contributed by atoms with E-state index in [9.17, 15) is 25.7 Å². The van der Waals surface area contributed by atoms with E-state index in [-0.39, 0.29) is 11.8 Å². The molecule has 0 aliphatic carbocycles. The molecule has 108 valence electrons. The summed E-state index contributed by atoms with van der Waals surface area (Å²) in [6.07, 6.45) is 1.31. The highest BCUT2D eigenvalue weighted by atomic mass is 32.5. The highest BCUT2D eigenvalue weighted by molar-refractivity contribution is 8.52. The Labute approximate surface area is 107 Å². The van der Waals surface area contributed by atoms with E-state index in [0.717, 1.165) is 6.08 Å². The molecule has 0 radical (unpaired) electrons. The van der Waals surface area contributed by atoms with Gasteiger partial charge in [0.2, 0.25) is 9.84 Å². The lowest BCUT2D eigenvalue weighted by atomic mass is 10.3. The van der Waals surface area contributed by atoms with Crippen molar-refractivity contribution in [1.82, 2.24) is 0 Å². The number of unbranched alkanes of at least 4 members (excludes halogenated alkanes) is 1. The lowest BCUT2D eigenvalue weighted by molar-refractivity contribution is -0.384. The van der Waals surface area contributed by atoms with Crippen molar-refractivity contribution in [1.29, 1.82) is 0 Å². The summed E-state index contributed by atoms with van der Waals surface area (Å²) >= 11 is 0. The van der Waals surface area contributed by atoms with Crippen LogP contribution in [0.25, 0.3) is 0 Å². The lowest BCUT2D eigenvalue weighted by Gasteiger charge is -2.47. The van der Waals surface area contributed by atoms with E-state index >= 15 is 0 Å². The monoisotopic (exact) mass is 299 g/mol. The number of halogens is 4. The van der Waals surface area contributed by atoms with Gasteiger partial charge >= 0.3 is 0 Å². The molecule has 0 bridgehead atoms. The SMILES string of the molecule is CCCC=CS(F)(F)(F)(F)c1ccc([N+](=O)[O-])cc1. The summed E-state index contributed by atoms with van der Waals surface area (Å²) in [5, 5.41) is 10.0. The molecule has 0 aliphatic rings. The van der Waals surface area contributed by atoms with E-state index in [2.05, 4.69) is 0 Å². The Balaban J connectivity index is 3.26. The first-order valence-corrected chi connectivity index (χ1v) is 7.53. The minimum atomic E-state index is -8.50. The Bertz CT molecular complexity index is 521. The third kappa shape index (κ3) is 3.69. The van der Waals surface area contributed by atoms with E-state index in [1.807, 2.05) is 0 Å². The molecule has 0 amide bonds. The summed E-state index contributed by atoms with van der Waals surface area (Å²) in [5.41, 5.74) is -0.519. The molecule has 0 aliphatic heterocycles. The number of rotatable bonds is 5. The maximum Gasteiger partial charge on any atom is 0.269 e. The Morgan fingerprint density at radius 1 is 1.21 bits per heavy atom. The summed E-state index contributed by atoms with van der Waals surface area (Å²) in [6, 6.07) is 2.08. The fourth-order valence-corrected chi connectivity index (χ4v) is 2.74. The van der Waals surface area contributed by atoms with Gasteiger partial charge in [-0.2, -0.15) is 0 Å². The van der Waals surface area contributed by atoms with Gasteiger partial charge in [0.25, 0.3) is 5.69 Å². The van der Waals surface area contributed by atoms with Crippen LogP contribution in [-0.2, 0) is 0 Å². The zero-order valence-corrected chi connectivity index (χ0v) is 10.9. The largest absolute Gasteiger partial charge is 0.269 e. The molecule has 0 N–H and O–H groups in total. The van der Waals surface area contributed by atoms with Gasteiger partial charge in [-0.15, -0.1) is 15.5 Å². The molecule has 0 atom stereocenters. The van der Waals surface area contributed by atoms with Crippen molar-refractivity contribution in [2.45, 2.75) is 24.7 Å². The zero-order valence-electron chi connectivity index (χ0n) is 10.1. The summed E-state index contributed by atoms with van der Waals surface area (Å²) in [5.74, 6) is 0. The van der Waals surface area contributed by atoms with Gasteiger partial charge in [-0.25, -0.2) is 0 Å². The number of nitro benzene ring substituents is 1. The summed E-state index contributed by atoms with van der Waals surface area (Å²) < 4.78 is 54.9. The number of hydrogen-bond donors (Lipinski definition) is 0. The summed E-state index contributed by atoms with van der Waals surface area (Å²) in [4.78, 5) is 8.03. The fraction of sp³-hybridized carbons (Fsp3) is 0.273. The Morgan fingerprint density at radius 2 is 1.74 bits per heavy atom. The van der Waals surface area contributed by atoms with E-state index < -0.39 is 25.3 Å². The smallest absolute Gasteiger partial charge is 0.258 e. The van der Waals surface area contributed by atoms with E-state index in [4.69, 9.17) is 0 Å². The first kappa shape index (κ1) is 15.5. The molecule has 0 saturated heterocycles. The molecule has 0 fully saturated rings. The minimum Gasteiger partial charge on any atom is -0.258 e. The van der Waals surface area contributed by atoms with Crippen molar-refractivity contribution in [2.75, 3.05) is 0 Å². The molecular formula is C11H13F4NO2S. The second-order valence-corrected chi connectivity index (χ2v) is 7.05. The van der Waals surface area contributed by atoms with Crippen molar-refractivity contribution in [2.24, 2.45) is 0 Å². The van der Waals surface area contributed by atoms with Crippen LogP contribution in [-0.4, -0.2) is 4.92 Å². The Morgan fingerprint density at radius 3 is 2.16 bits per heavy atom. The lowest BCUT2D eigenvalue weighted by Crippen LogP contribution is -2.10. The number of nitrogens with zero attached hydrogens (tertiary/aromatic N) is 1. The van der Waals surface area contributed by atoms with Gasteiger partial charge in [-0.05, 0) is 18.6 Å². The van der Waals surface area contributed by atoms with Crippen molar-refractivity contribution in [3.63, 3.8) is 0 Å². The normalized spacial score (nSPS) is 16.1. The van der Waals surface area contributed by atoms with Gasteiger partial charge in [0.05, 0.1) is 9.82 Å². The predicted molar refractivity (Wildman–Crippen MR) is 67.4 cm³/mol. The molecule has 0 saturated carbocycles. The molecule has 0 unspecified atom stereocenters. The quantitative estimate of drug-likeness (QED) is 0.398. The summed E-state index contributed by atoms with van der Waals surface area (Å²) in [6.45, 7) is 1.67. The number of benzene rings is 1. The third-order valence-corrected chi connectivity index (χ3v) is 4.36. The van der Waals surface area contributed by atoms with Crippen LogP contribution in [0.1, 0.15) is 19.8 Å². The number of nitro groups is 1. The maximum atomic E-state index is 13.7.